The van der Waals surface area contributed by atoms with E-state index in [0.717, 1.165) is 18.4 Å². The molecular formula is C15H21NO4. The van der Waals surface area contributed by atoms with Gasteiger partial charge in [-0.3, -0.25) is 5.32 Å². The lowest BCUT2D eigenvalue weighted by Gasteiger charge is -2.20. The zero-order chi connectivity index (χ0) is 15.0. The number of nitrogens with one attached hydrogen (secondary N) is 1. The van der Waals surface area contributed by atoms with E-state index in [1.807, 2.05) is 0 Å². The van der Waals surface area contributed by atoms with Gasteiger partial charge < -0.3 is 14.9 Å². The van der Waals surface area contributed by atoms with Crippen LogP contribution < -0.4 is 5.32 Å². The zero-order valence-corrected chi connectivity index (χ0v) is 12.1. The molecule has 20 heavy (non-hydrogen) atoms. The summed E-state index contributed by atoms with van der Waals surface area (Å²) in [6.45, 7) is 5.39. The Hall–Kier alpha value is -1.75. The molecule has 0 atom stereocenters. The Morgan fingerprint density at radius 1 is 1.40 bits per heavy atom. The van der Waals surface area contributed by atoms with Gasteiger partial charge in [0.25, 0.3) is 0 Å². The first-order valence-corrected chi connectivity index (χ1v) is 6.70. The molecule has 0 aromatic heterocycles. The number of phenolic OH excluding ortho intramolecular Hbond substituents is 1. The highest BCUT2D eigenvalue weighted by molar-refractivity contribution is 5.87. The van der Waals surface area contributed by atoms with Crippen molar-refractivity contribution in [3.63, 3.8) is 0 Å². The van der Waals surface area contributed by atoms with Gasteiger partial charge in [0.2, 0.25) is 0 Å². The topological polar surface area (TPSA) is 78.8 Å². The van der Waals surface area contributed by atoms with E-state index in [2.05, 4.69) is 5.32 Å². The molecule has 3 N–H and O–H groups in total. The summed E-state index contributed by atoms with van der Waals surface area (Å²) in [4.78, 5) is 11.7. The Bertz CT molecular complexity index is 515. The van der Waals surface area contributed by atoms with Crippen LogP contribution in [-0.2, 0) is 10.2 Å². The highest BCUT2D eigenvalue weighted by Gasteiger charge is 2.43. The molecule has 0 heterocycles. The van der Waals surface area contributed by atoms with Crippen LogP contribution in [-0.4, -0.2) is 28.5 Å². The number of hydrogen-bond donors (Lipinski definition) is 3. The number of phenols is 1. The van der Waals surface area contributed by atoms with Gasteiger partial charge in [-0.2, -0.15) is 0 Å². The molecule has 2 rings (SSSR count). The summed E-state index contributed by atoms with van der Waals surface area (Å²) in [6.07, 6.45) is 1.22. The Labute approximate surface area is 118 Å². The van der Waals surface area contributed by atoms with Crippen molar-refractivity contribution in [3.8, 4) is 5.75 Å². The largest absolute Gasteiger partial charge is 0.506 e. The average Bonchev–Trinajstić information content (AvgIpc) is 3.10. The van der Waals surface area contributed by atoms with E-state index < -0.39 is 11.7 Å². The van der Waals surface area contributed by atoms with Crippen LogP contribution in [0, 0.1) is 0 Å². The fourth-order valence-corrected chi connectivity index (χ4v) is 2.07. The third kappa shape index (κ3) is 3.22. The van der Waals surface area contributed by atoms with Crippen LogP contribution >= 0.6 is 0 Å². The number of anilines is 1. The van der Waals surface area contributed by atoms with Gasteiger partial charge in [-0.05, 0) is 51.3 Å². The van der Waals surface area contributed by atoms with Gasteiger partial charge in [0.1, 0.15) is 11.4 Å². The van der Waals surface area contributed by atoms with Crippen LogP contribution in [0.25, 0.3) is 0 Å². The molecule has 0 aliphatic heterocycles. The van der Waals surface area contributed by atoms with E-state index in [1.165, 1.54) is 6.07 Å². The second-order valence-electron chi connectivity index (χ2n) is 6.30. The van der Waals surface area contributed by atoms with Crippen molar-refractivity contribution < 1.29 is 19.7 Å². The summed E-state index contributed by atoms with van der Waals surface area (Å²) >= 11 is 0. The average molecular weight is 279 g/mol. The third-order valence-electron chi connectivity index (χ3n) is 3.40. The molecule has 0 unspecified atom stereocenters. The van der Waals surface area contributed by atoms with Gasteiger partial charge in [0.15, 0.2) is 0 Å². The number of amides is 1. The molecule has 5 heteroatoms. The van der Waals surface area contributed by atoms with E-state index in [0.29, 0.717) is 5.69 Å². The molecule has 1 aliphatic carbocycles. The van der Waals surface area contributed by atoms with Gasteiger partial charge in [0, 0.05) is 5.41 Å². The maximum atomic E-state index is 11.7. The number of aliphatic hydroxyl groups excluding tert-OH is 1. The van der Waals surface area contributed by atoms with E-state index in [4.69, 9.17) is 4.74 Å². The number of carbonyl (C=O) groups is 1. The quantitative estimate of drug-likeness (QED) is 0.743. The highest BCUT2D eigenvalue weighted by atomic mass is 16.6. The lowest BCUT2D eigenvalue weighted by atomic mass is 9.96. The molecule has 0 bridgehead atoms. The Morgan fingerprint density at radius 3 is 2.55 bits per heavy atom. The number of carbonyl (C=O) groups excluding carboxylic acids is 1. The van der Waals surface area contributed by atoms with Crippen LogP contribution in [0.15, 0.2) is 18.2 Å². The van der Waals surface area contributed by atoms with Gasteiger partial charge in [-0.25, -0.2) is 4.79 Å². The smallest absolute Gasteiger partial charge is 0.412 e. The van der Waals surface area contributed by atoms with E-state index in [-0.39, 0.29) is 17.8 Å². The van der Waals surface area contributed by atoms with Gasteiger partial charge in [-0.15, -0.1) is 0 Å². The fraction of sp³-hybridized carbons (Fsp3) is 0.533. The molecule has 0 radical (unpaired) electrons. The van der Waals surface area contributed by atoms with Crippen LogP contribution in [0.4, 0.5) is 10.5 Å². The third-order valence-corrected chi connectivity index (χ3v) is 3.40. The molecular weight excluding hydrogens is 258 g/mol. The summed E-state index contributed by atoms with van der Waals surface area (Å²) < 4.78 is 5.15. The lowest BCUT2D eigenvalue weighted by Crippen LogP contribution is -2.27. The highest BCUT2D eigenvalue weighted by Crippen LogP contribution is 2.48. The predicted octanol–water partition coefficient (Wildman–Crippen LogP) is 2.76. The maximum Gasteiger partial charge on any atom is 0.412 e. The minimum atomic E-state index is -0.612. The zero-order valence-electron chi connectivity index (χ0n) is 12.1. The molecule has 1 aromatic rings. The molecule has 1 aliphatic rings. The number of aliphatic hydroxyl groups is 1. The molecule has 0 spiro atoms. The minimum absolute atomic E-state index is 0.0200. The number of rotatable bonds is 3. The van der Waals surface area contributed by atoms with Crippen molar-refractivity contribution in [2.45, 2.75) is 44.6 Å². The number of aromatic hydroxyl groups is 1. The van der Waals surface area contributed by atoms with Crippen molar-refractivity contribution in [3.05, 3.63) is 23.8 Å². The van der Waals surface area contributed by atoms with Crippen LogP contribution in [0.2, 0.25) is 0 Å². The Morgan fingerprint density at radius 2 is 2.05 bits per heavy atom. The molecule has 1 saturated carbocycles. The number of ether oxygens (including phenoxy) is 1. The summed E-state index contributed by atoms with van der Waals surface area (Å²) in [5.74, 6) is -0.0200. The first kappa shape index (κ1) is 14.7. The molecule has 0 saturated heterocycles. The Kier molecular flexibility index (Phi) is 3.65. The fourth-order valence-electron chi connectivity index (χ4n) is 2.07. The minimum Gasteiger partial charge on any atom is -0.506 e. The van der Waals surface area contributed by atoms with Crippen molar-refractivity contribution >= 4 is 11.8 Å². The van der Waals surface area contributed by atoms with Gasteiger partial charge in [-0.1, -0.05) is 6.07 Å². The lowest BCUT2D eigenvalue weighted by molar-refractivity contribution is 0.0635. The number of hydrogen-bond acceptors (Lipinski definition) is 4. The molecule has 110 valence electrons. The first-order valence-electron chi connectivity index (χ1n) is 6.70. The summed E-state index contributed by atoms with van der Waals surface area (Å²) in [5.41, 5.74) is 0.415. The van der Waals surface area contributed by atoms with Crippen molar-refractivity contribution in [1.82, 2.24) is 0 Å². The van der Waals surface area contributed by atoms with E-state index >= 15 is 0 Å². The Balaban J connectivity index is 2.15. The molecule has 5 nitrogen and oxygen atoms in total. The normalized spacial score (nSPS) is 16.6. The van der Waals surface area contributed by atoms with E-state index in [9.17, 15) is 15.0 Å². The standard InChI is InChI=1S/C15H21NO4/c1-14(2,3)20-13(19)16-11-8-10(4-5-12(11)18)15(9-17)6-7-15/h4-5,8,17-18H,6-7,9H2,1-3H3,(H,16,19). The van der Waals surface area contributed by atoms with Crippen molar-refractivity contribution in [2.24, 2.45) is 0 Å². The molecule has 1 aromatic carbocycles. The number of benzene rings is 1. The van der Waals surface area contributed by atoms with Crippen molar-refractivity contribution in [1.29, 1.82) is 0 Å². The molecule has 1 fully saturated rings. The van der Waals surface area contributed by atoms with Crippen LogP contribution in [0.5, 0.6) is 5.75 Å². The summed E-state index contributed by atoms with van der Waals surface area (Å²) in [6, 6.07) is 5.00. The van der Waals surface area contributed by atoms with Crippen LogP contribution in [0.1, 0.15) is 39.2 Å². The monoisotopic (exact) mass is 279 g/mol. The maximum absolute atomic E-state index is 11.7. The second kappa shape index (κ2) is 4.98. The van der Waals surface area contributed by atoms with Gasteiger partial charge >= 0.3 is 6.09 Å². The predicted molar refractivity (Wildman–Crippen MR) is 76.0 cm³/mol. The molecule has 1 amide bonds. The van der Waals surface area contributed by atoms with Crippen molar-refractivity contribution in [2.75, 3.05) is 11.9 Å². The first-order chi connectivity index (χ1) is 9.26. The second-order valence-corrected chi connectivity index (χ2v) is 6.30. The summed E-state index contributed by atoms with van der Waals surface area (Å²) in [5, 5.41) is 21.8. The van der Waals surface area contributed by atoms with Gasteiger partial charge in [0.05, 0.1) is 12.3 Å². The summed E-state index contributed by atoms with van der Waals surface area (Å²) in [7, 11) is 0. The van der Waals surface area contributed by atoms with E-state index in [1.54, 1.807) is 32.9 Å². The van der Waals surface area contributed by atoms with Crippen LogP contribution in [0.3, 0.4) is 0 Å². The SMILES string of the molecule is CC(C)(C)OC(=O)Nc1cc(C2(CO)CC2)ccc1O.